The summed E-state index contributed by atoms with van der Waals surface area (Å²) in [6, 6.07) is 11.8. The molecule has 1 N–H and O–H groups in total. The average molecular weight is 345 g/mol. The van der Waals surface area contributed by atoms with Crippen LogP contribution >= 0.6 is 11.6 Å². The van der Waals surface area contributed by atoms with Crippen LogP contribution in [0.2, 0.25) is 5.02 Å². The van der Waals surface area contributed by atoms with E-state index < -0.39 is 16.5 Å². The number of rotatable bonds is 3. The molecule has 3 rings (SSSR count). The topological polar surface area (TPSA) is 102 Å². The average Bonchev–Trinajstić information content (AvgIpc) is 2.55. The first-order valence-electron chi connectivity index (χ1n) is 6.74. The van der Waals surface area contributed by atoms with E-state index in [0.717, 1.165) is 6.07 Å². The minimum atomic E-state index is -0.788. The smallest absolute Gasteiger partial charge is 0.349 e. The molecule has 0 unspecified atom stereocenters. The number of para-hydroxylation sites is 1. The number of benzene rings is 2. The summed E-state index contributed by atoms with van der Waals surface area (Å²) in [6.07, 6.45) is 0. The number of amides is 1. The number of hydrogen-bond acceptors (Lipinski definition) is 5. The van der Waals surface area contributed by atoms with E-state index in [1.54, 1.807) is 24.3 Å². The lowest BCUT2D eigenvalue weighted by atomic mass is 10.1. The molecule has 1 heterocycles. The molecule has 1 aromatic heterocycles. The molecule has 24 heavy (non-hydrogen) atoms. The van der Waals surface area contributed by atoms with E-state index in [4.69, 9.17) is 16.0 Å². The van der Waals surface area contributed by atoms with Gasteiger partial charge in [0.15, 0.2) is 0 Å². The first kappa shape index (κ1) is 15.7. The molecule has 1 amide bonds. The van der Waals surface area contributed by atoms with E-state index >= 15 is 0 Å². The van der Waals surface area contributed by atoms with Crippen LogP contribution in [0.15, 0.2) is 57.7 Å². The van der Waals surface area contributed by atoms with Crippen molar-refractivity contribution in [1.82, 2.24) is 0 Å². The van der Waals surface area contributed by atoms with Gasteiger partial charge in [-0.3, -0.25) is 14.9 Å². The van der Waals surface area contributed by atoms with Gasteiger partial charge in [-0.15, -0.1) is 0 Å². The third-order valence-electron chi connectivity index (χ3n) is 3.30. The van der Waals surface area contributed by atoms with Crippen molar-refractivity contribution in [1.29, 1.82) is 0 Å². The van der Waals surface area contributed by atoms with Gasteiger partial charge < -0.3 is 9.73 Å². The number of non-ortho nitro benzene ring substituents is 1. The predicted molar refractivity (Wildman–Crippen MR) is 88.5 cm³/mol. The Morgan fingerprint density at radius 1 is 1.17 bits per heavy atom. The number of nitro groups is 1. The molecule has 7 nitrogen and oxygen atoms in total. The van der Waals surface area contributed by atoms with Gasteiger partial charge in [-0.25, -0.2) is 4.79 Å². The Balaban J connectivity index is 1.94. The quantitative estimate of drug-likeness (QED) is 0.444. The van der Waals surface area contributed by atoms with Crippen LogP contribution in [-0.4, -0.2) is 10.8 Å². The second kappa shape index (κ2) is 6.13. The van der Waals surface area contributed by atoms with Crippen LogP contribution in [0.25, 0.3) is 11.0 Å². The Labute approximate surface area is 139 Å². The molecule has 0 atom stereocenters. The van der Waals surface area contributed by atoms with Gasteiger partial charge in [0, 0.05) is 17.5 Å². The van der Waals surface area contributed by atoms with Crippen molar-refractivity contribution in [3.63, 3.8) is 0 Å². The number of hydrogen-bond donors (Lipinski definition) is 1. The first-order chi connectivity index (χ1) is 11.5. The largest absolute Gasteiger partial charge is 0.422 e. The minimum absolute atomic E-state index is 0.0114. The number of nitrogens with one attached hydrogen (secondary N) is 1. The number of fused-ring (bicyclic) bond motifs is 1. The van der Waals surface area contributed by atoms with E-state index in [0.29, 0.717) is 11.0 Å². The van der Waals surface area contributed by atoms with Crippen molar-refractivity contribution in [3.8, 4) is 0 Å². The van der Waals surface area contributed by atoms with Crippen LogP contribution in [0.3, 0.4) is 0 Å². The molecule has 8 heteroatoms. The molecule has 2 aromatic carbocycles. The van der Waals surface area contributed by atoms with Crippen LogP contribution in [-0.2, 0) is 0 Å². The van der Waals surface area contributed by atoms with E-state index in [1.807, 2.05) is 0 Å². The van der Waals surface area contributed by atoms with Crippen molar-refractivity contribution in [2.45, 2.75) is 0 Å². The number of nitrogens with zero attached hydrogens (tertiary/aromatic N) is 1. The highest BCUT2D eigenvalue weighted by molar-refractivity contribution is 6.34. The summed E-state index contributed by atoms with van der Waals surface area (Å²) < 4.78 is 5.09. The van der Waals surface area contributed by atoms with Gasteiger partial charge in [-0.1, -0.05) is 29.8 Å². The third kappa shape index (κ3) is 2.97. The molecule has 0 saturated heterocycles. The monoisotopic (exact) mass is 344 g/mol. The summed E-state index contributed by atoms with van der Waals surface area (Å²) in [5.74, 6) is -0.717. The van der Waals surface area contributed by atoms with Gasteiger partial charge in [0.25, 0.3) is 11.6 Å². The van der Waals surface area contributed by atoms with Crippen LogP contribution in [0.1, 0.15) is 10.4 Å². The lowest BCUT2D eigenvalue weighted by Crippen LogP contribution is -2.20. The Morgan fingerprint density at radius 2 is 1.92 bits per heavy atom. The van der Waals surface area contributed by atoms with E-state index in [-0.39, 0.29) is 22.0 Å². The standard InChI is InChI=1S/C16H9ClN2O5/c17-12-8-10(19(22)23)5-6-13(12)18-15(20)11-7-9-3-1-2-4-14(9)24-16(11)21/h1-8H,(H,18,20). The molecular weight excluding hydrogens is 336 g/mol. The number of carbonyl (C=O) groups excluding carboxylic acids is 1. The zero-order valence-corrected chi connectivity index (χ0v) is 12.7. The summed E-state index contributed by atoms with van der Waals surface area (Å²) in [5, 5.41) is 13.7. The normalized spacial score (nSPS) is 10.5. The number of nitro benzene ring substituents is 1. The Morgan fingerprint density at radius 3 is 2.62 bits per heavy atom. The zero-order valence-electron chi connectivity index (χ0n) is 12.0. The van der Waals surface area contributed by atoms with Crippen molar-refractivity contribution < 1.29 is 14.1 Å². The minimum Gasteiger partial charge on any atom is -0.422 e. The molecule has 0 bridgehead atoms. The Kier molecular flexibility index (Phi) is 4.01. The van der Waals surface area contributed by atoms with E-state index in [2.05, 4.69) is 5.32 Å². The van der Waals surface area contributed by atoms with Crippen molar-refractivity contribution in [2.24, 2.45) is 0 Å². The number of anilines is 1. The van der Waals surface area contributed by atoms with Crippen LogP contribution in [0, 0.1) is 10.1 Å². The summed E-state index contributed by atoms with van der Waals surface area (Å²) in [4.78, 5) is 34.3. The zero-order chi connectivity index (χ0) is 17.3. The number of carbonyl (C=O) groups is 1. The molecule has 120 valence electrons. The van der Waals surface area contributed by atoms with Gasteiger partial charge in [-0.05, 0) is 18.2 Å². The third-order valence-corrected chi connectivity index (χ3v) is 3.61. The summed E-state index contributed by atoms with van der Waals surface area (Å²) in [7, 11) is 0. The summed E-state index contributed by atoms with van der Waals surface area (Å²) >= 11 is 5.92. The Hall–Kier alpha value is -3.19. The molecule has 0 radical (unpaired) electrons. The van der Waals surface area contributed by atoms with Gasteiger partial charge >= 0.3 is 5.63 Å². The molecule has 0 aliphatic heterocycles. The number of halogens is 1. The summed E-state index contributed by atoms with van der Waals surface area (Å²) in [6.45, 7) is 0. The van der Waals surface area contributed by atoms with Crippen LogP contribution < -0.4 is 10.9 Å². The fourth-order valence-corrected chi connectivity index (χ4v) is 2.35. The SMILES string of the molecule is O=C(Nc1ccc([N+](=O)[O-])cc1Cl)c1cc2ccccc2oc1=O. The van der Waals surface area contributed by atoms with E-state index in [1.165, 1.54) is 18.2 Å². The fraction of sp³-hybridized carbons (Fsp3) is 0. The van der Waals surface area contributed by atoms with Crippen LogP contribution in [0.4, 0.5) is 11.4 Å². The maximum Gasteiger partial charge on any atom is 0.349 e. The highest BCUT2D eigenvalue weighted by atomic mass is 35.5. The van der Waals surface area contributed by atoms with Crippen LogP contribution in [0.5, 0.6) is 0 Å². The van der Waals surface area contributed by atoms with Crippen molar-refractivity contribution in [2.75, 3.05) is 5.32 Å². The lowest BCUT2D eigenvalue weighted by Gasteiger charge is -2.07. The maximum atomic E-state index is 12.3. The van der Waals surface area contributed by atoms with Crippen molar-refractivity contribution in [3.05, 3.63) is 79.7 Å². The van der Waals surface area contributed by atoms with Gasteiger partial charge in [0.2, 0.25) is 0 Å². The molecule has 0 saturated carbocycles. The van der Waals surface area contributed by atoms with Crippen molar-refractivity contribution >= 4 is 39.9 Å². The first-order valence-corrected chi connectivity index (χ1v) is 7.11. The second-order valence-electron chi connectivity index (χ2n) is 4.86. The second-order valence-corrected chi connectivity index (χ2v) is 5.27. The Bertz CT molecular complexity index is 1030. The molecule has 0 aliphatic rings. The predicted octanol–water partition coefficient (Wildman–Crippen LogP) is 3.61. The van der Waals surface area contributed by atoms with Gasteiger partial charge in [0.05, 0.1) is 15.6 Å². The fourth-order valence-electron chi connectivity index (χ4n) is 2.13. The highest BCUT2D eigenvalue weighted by Crippen LogP contribution is 2.27. The molecule has 3 aromatic rings. The van der Waals surface area contributed by atoms with E-state index in [9.17, 15) is 19.7 Å². The summed E-state index contributed by atoms with van der Waals surface area (Å²) in [5.41, 5.74) is -0.664. The van der Waals surface area contributed by atoms with Gasteiger partial charge in [0.1, 0.15) is 11.1 Å². The lowest BCUT2D eigenvalue weighted by molar-refractivity contribution is -0.384. The molecular formula is C16H9ClN2O5. The molecule has 0 fully saturated rings. The molecule has 0 aliphatic carbocycles. The molecule has 0 spiro atoms. The highest BCUT2D eigenvalue weighted by Gasteiger charge is 2.16. The van der Waals surface area contributed by atoms with Gasteiger partial charge in [-0.2, -0.15) is 0 Å². The maximum absolute atomic E-state index is 12.3.